The number of carbonyl (C=O) groups is 1. The van der Waals surface area contributed by atoms with Crippen molar-refractivity contribution in [1.29, 1.82) is 0 Å². The maximum Gasteiger partial charge on any atom is 0.407 e. The zero-order valence-electron chi connectivity index (χ0n) is 18.5. The van der Waals surface area contributed by atoms with Crippen molar-refractivity contribution in [2.24, 2.45) is 4.99 Å². The Morgan fingerprint density at radius 1 is 1.07 bits per heavy atom. The highest BCUT2D eigenvalue weighted by atomic mass is 127. The Balaban J connectivity index is 0.00000450. The van der Waals surface area contributed by atoms with Crippen molar-refractivity contribution in [3.8, 4) is 0 Å². The van der Waals surface area contributed by atoms with Gasteiger partial charge in [-0.15, -0.1) is 24.0 Å². The number of alkyl carbamates (subject to hydrolysis) is 1. The molecule has 30 heavy (non-hydrogen) atoms. The first-order valence-electron chi connectivity index (χ1n) is 10.1. The van der Waals surface area contributed by atoms with Crippen molar-refractivity contribution >= 4 is 36.0 Å². The molecule has 0 unspecified atom stereocenters. The van der Waals surface area contributed by atoms with Gasteiger partial charge in [-0.3, -0.25) is 9.89 Å². The molecule has 1 saturated heterocycles. The van der Waals surface area contributed by atoms with Gasteiger partial charge in [-0.25, -0.2) is 4.79 Å². The van der Waals surface area contributed by atoms with Crippen LogP contribution < -0.4 is 16.0 Å². The van der Waals surface area contributed by atoms with Gasteiger partial charge in [0.2, 0.25) is 0 Å². The number of morpholine rings is 1. The molecule has 8 nitrogen and oxygen atoms in total. The fourth-order valence-corrected chi connectivity index (χ4v) is 2.85. The van der Waals surface area contributed by atoms with Crippen LogP contribution >= 0.6 is 24.0 Å². The molecule has 1 heterocycles. The molecule has 0 atom stereocenters. The van der Waals surface area contributed by atoms with Gasteiger partial charge in [0.25, 0.3) is 0 Å². The molecule has 3 N–H and O–H groups in total. The van der Waals surface area contributed by atoms with Gasteiger partial charge in [0.15, 0.2) is 5.96 Å². The molecule has 1 aromatic rings. The molecule has 0 aromatic heterocycles. The molecule has 1 aliphatic rings. The topological polar surface area (TPSA) is 87.2 Å². The van der Waals surface area contributed by atoms with Gasteiger partial charge in [0.05, 0.1) is 13.2 Å². The molecule has 0 bridgehead atoms. The summed E-state index contributed by atoms with van der Waals surface area (Å²) < 4.78 is 10.6. The standard InChI is InChI=1S/C21H35N5O3.HI/c1-21(2,3)29-20(27)24-10-9-23-19(22-4)25-15-17-5-7-18(8-6-17)16-26-11-13-28-14-12-26;/h5-8H,9-16H2,1-4H3,(H,24,27)(H2,22,23,25);1H. The van der Waals surface area contributed by atoms with Crippen LogP contribution in [-0.2, 0) is 22.6 Å². The Morgan fingerprint density at radius 3 is 2.27 bits per heavy atom. The van der Waals surface area contributed by atoms with Crippen molar-refractivity contribution in [3.63, 3.8) is 0 Å². The van der Waals surface area contributed by atoms with E-state index in [1.54, 1.807) is 7.05 Å². The summed E-state index contributed by atoms with van der Waals surface area (Å²) in [5.74, 6) is 0.688. The van der Waals surface area contributed by atoms with E-state index in [0.29, 0.717) is 25.6 Å². The minimum absolute atomic E-state index is 0. The highest BCUT2D eigenvalue weighted by molar-refractivity contribution is 14.0. The van der Waals surface area contributed by atoms with Crippen molar-refractivity contribution < 1.29 is 14.3 Å². The fourth-order valence-electron chi connectivity index (χ4n) is 2.85. The number of rotatable bonds is 7. The molecule has 0 radical (unpaired) electrons. The van der Waals surface area contributed by atoms with E-state index in [0.717, 1.165) is 32.8 Å². The van der Waals surface area contributed by atoms with E-state index < -0.39 is 11.7 Å². The monoisotopic (exact) mass is 533 g/mol. The third-order valence-electron chi connectivity index (χ3n) is 4.30. The summed E-state index contributed by atoms with van der Waals surface area (Å²) in [6, 6.07) is 8.63. The molecule has 1 fully saturated rings. The van der Waals surface area contributed by atoms with Gasteiger partial charge in [-0.2, -0.15) is 0 Å². The molecule has 9 heteroatoms. The second kappa shape index (κ2) is 13.7. The van der Waals surface area contributed by atoms with Gasteiger partial charge < -0.3 is 25.4 Å². The summed E-state index contributed by atoms with van der Waals surface area (Å²) in [6.07, 6.45) is -0.417. The number of nitrogens with one attached hydrogen (secondary N) is 3. The summed E-state index contributed by atoms with van der Waals surface area (Å²) in [6.45, 7) is 11.8. The van der Waals surface area contributed by atoms with Crippen LogP contribution in [0.15, 0.2) is 29.3 Å². The van der Waals surface area contributed by atoms with Crippen molar-refractivity contribution in [2.45, 2.75) is 39.5 Å². The Labute approximate surface area is 197 Å². The smallest absolute Gasteiger partial charge is 0.407 e. The molecule has 1 amide bonds. The Hall–Kier alpha value is -1.59. The normalized spacial score (nSPS) is 15.1. The van der Waals surface area contributed by atoms with Crippen LogP contribution in [0.2, 0.25) is 0 Å². The van der Waals surface area contributed by atoms with Crippen molar-refractivity contribution in [2.75, 3.05) is 46.4 Å². The number of nitrogens with zero attached hydrogens (tertiary/aromatic N) is 2. The second-order valence-electron chi connectivity index (χ2n) is 7.99. The minimum atomic E-state index is -0.493. The highest BCUT2D eigenvalue weighted by Gasteiger charge is 2.15. The first-order valence-corrected chi connectivity index (χ1v) is 10.1. The quantitative estimate of drug-likeness (QED) is 0.216. The number of carbonyl (C=O) groups excluding carboxylic acids is 1. The number of hydrogen-bond acceptors (Lipinski definition) is 5. The first kappa shape index (κ1) is 26.4. The van der Waals surface area contributed by atoms with E-state index in [1.165, 1.54) is 11.1 Å². The molecule has 0 aliphatic carbocycles. The van der Waals surface area contributed by atoms with Gasteiger partial charge in [0.1, 0.15) is 5.60 Å². The second-order valence-corrected chi connectivity index (χ2v) is 7.99. The van der Waals surface area contributed by atoms with Crippen LogP contribution in [0.4, 0.5) is 4.79 Å². The van der Waals surface area contributed by atoms with Crippen LogP contribution in [0.3, 0.4) is 0 Å². The lowest BCUT2D eigenvalue weighted by Crippen LogP contribution is -2.42. The molecule has 1 aromatic carbocycles. The molecule has 2 rings (SSSR count). The molecule has 0 spiro atoms. The minimum Gasteiger partial charge on any atom is -0.444 e. The van der Waals surface area contributed by atoms with Gasteiger partial charge in [-0.1, -0.05) is 24.3 Å². The first-order chi connectivity index (χ1) is 13.9. The van der Waals surface area contributed by atoms with Crippen LogP contribution in [0.1, 0.15) is 31.9 Å². The summed E-state index contributed by atoms with van der Waals surface area (Å²) in [5.41, 5.74) is 2.00. The highest BCUT2D eigenvalue weighted by Crippen LogP contribution is 2.09. The van der Waals surface area contributed by atoms with Crippen molar-refractivity contribution in [1.82, 2.24) is 20.9 Å². The average molecular weight is 533 g/mol. The average Bonchev–Trinajstić information content (AvgIpc) is 2.68. The lowest BCUT2D eigenvalue weighted by atomic mass is 10.1. The van der Waals surface area contributed by atoms with Crippen LogP contribution in [0.5, 0.6) is 0 Å². The fraction of sp³-hybridized carbons (Fsp3) is 0.619. The number of halogens is 1. The number of ether oxygens (including phenoxy) is 2. The van der Waals surface area contributed by atoms with Crippen LogP contribution in [0, 0.1) is 0 Å². The van der Waals surface area contributed by atoms with E-state index in [9.17, 15) is 4.79 Å². The number of hydrogen-bond donors (Lipinski definition) is 3. The Morgan fingerprint density at radius 2 is 1.67 bits per heavy atom. The zero-order valence-corrected chi connectivity index (χ0v) is 20.8. The predicted octanol–water partition coefficient (Wildman–Crippen LogP) is 2.33. The number of benzene rings is 1. The molecule has 170 valence electrons. The van der Waals surface area contributed by atoms with E-state index in [-0.39, 0.29) is 24.0 Å². The molecular weight excluding hydrogens is 497 g/mol. The van der Waals surface area contributed by atoms with E-state index in [4.69, 9.17) is 9.47 Å². The summed E-state index contributed by atoms with van der Waals surface area (Å²) in [4.78, 5) is 18.2. The van der Waals surface area contributed by atoms with Crippen LogP contribution in [0.25, 0.3) is 0 Å². The third kappa shape index (κ3) is 11.0. The SMILES string of the molecule is CN=C(NCCNC(=O)OC(C)(C)C)NCc1ccc(CN2CCOCC2)cc1.I. The molecular formula is C21H36IN5O3. The van der Waals surface area contributed by atoms with Crippen molar-refractivity contribution in [3.05, 3.63) is 35.4 Å². The Bertz CT molecular complexity index is 656. The lowest BCUT2D eigenvalue weighted by Gasteiger charge is -2.26. The van der Waals surface area contributed by atoms with Crippen LogP contribution in [-0.4, -0.2) is 69.0 Å². The van der Waals surface area contributed by atoms with E-state index in [1.807, 2.05) is 20.8 Å². The number of guanidine groups is 1. The maximum atomic E-state index is 11.6. The lowest BCUT2D eigenvalue weighted by molar-refractivity contribution is 0.0342. The van der Waals surface area contributed by atoms with E-state index in [2.05, 4.69) is 50.1 Å². The Kier molecular flexibility index (Phi) is 12.0. The van der Waals surface area contributed by atoms with Gasteiger partial charge in [-0.05, 0) is 31.9 Å². The predicted molar refractivity (Wildman–Crippen MR) is 130 cm³/mol. The molecule has 1 aliphatic heterocycles. The summed E-state index contributed by atoms with van der Waals surface area (Å²) in [5, 5.41) is 9.17. The van der Waals surface area contributed by atoms with Gasteiger partial charge >= 0.3 is 6.09 Å². The summed E-state index contributed by atoms with van der Waals surface area (Å²) >= 11 is 0. The molecule has 0 saturated carbocycles. The van der Waals surface area contributed by atoms with Gasteiger partial charge in [0, 0.05) is 46.3 Å². The maximum absolute atomic E-state index is 11.6. The summed E-state index contributed by atoms with van der Waals surface area (Å²) in [7, 11) is 1.72. The third-order valence-corrected chi connectivity index (χ3v) is 4.30. The number of aliphatic imine (C=N–C) groups is 1. The zero-order chi connectivity index (χ0) is 21.1. The number of amides is 1. The van der Waals surface area contributed by atoms with E-state index >= 15 is 0 Å². The largest absolute Gasteiger partial charge is 0.444 e.